The number of carbonyl (C=O) groups is 1. The van der Waals surface area contributed by atoms with E-state index in [0.29, 0.717) is 29.7 Å². The Morgan fingerprint density at radius 1 is 1.05 bits per heavy atom. The summed E-state index contributed by atoms with van der Waals surface area (Å²) in [5, 5.41) is 25.1. The molecule has 4 rings (SSSR count). The predicted octanol–water partition coefficient (Wildman–Crippen LogP) is 5.57. The van der Waals surface area contributed by atoms with Crippen molar-refractivity contribution in [2.24, 2.45) is 5.92 Å². The Labute approximate surface area is 241 Å². The van der Waals surface area contributed by atoms with Crippen LogP contribution in [0.15, 0.2) is 89.5 Å². The average Bonchev–Trinajstić information content (AvgIpc) is 3.77. The van der Waals surface area contributed by atoms with E-state index >= 15 is 0 Å². The van der Waals surface area contributed by atoms with Gasteiger partial charge in [0.15, 0.2) is 9.84 Å². The highest BCUT2D eigenvalue weighted by atomic mass is 32.2. The van der Waals surface area contributed by atoms with Crippen LogP contribution in [0.3, 0.4) is 0 Å². The Balaban J connectivity index is 1.66. The summed E-state index contributed by atoms with van der Waals surface area (Å²) in [5.41, 5.74) is -0.506. The number of benzene rings is 3. The number of nitriles is 1. The Morgan fingerprint density at radius 2 is 1.71 bits per heavy atom. The quantitative estimate of drug-likeness (QED) is 0.169. The molecule has 218 valence electrons. The van der Waals surface area contributed by atoms with Gasteiger partial charge < -0.3 is 16.0 Å². The second-order valence-electron chi connectivity index (χ2n) is 9.96. The number of nitrogens with zero attached hydrogens (tertiary/aromatic N) is 1. The van der Waals surface area contributed by atoms with Crippen LogP contribution >= 0.6 is 0 Å². The van der Waals surface area contributed by atoms with Crippen molar-refractivity contribution in [3.05, 3.63) is 101 Å². The fraction of sp³-hybridized carbons (Fsp3) is 0.233. The lowest BCUT2D eigenvalue weighted by molar-refractivity contribution is -0.112. The number of halogens is 3. The van der Waals surface area contributed by atoms with Crippen molar-refractivity contribution in [1.29, 1.82) is 10.7 Å². The molecule has 0 radical (unpaired) electrons. The molecule has 0 bridgehead atoms. The highest BCUT2D eigenvalue weighted by Gasteiger charge is 2.34. The fourth-order valence-electron chi connectivity index (χ4n) is 4.27. The van der Waals surface area contributed by atoms with Crippen molar-refractivity contribution in [2.75, 3.05) is 23.4 Å². The molecule has 0 spiro atoms. The van der Waals surface area contributed by atoms with E-state index in [4.69, 9.17) is 10.7 Å². The number of carbonyl (C=O) groups excluding carboxylic acids is 1. The van der Waals surface area contributed by atoms with Gasteiger partial charge in [0.1, 0.15) is 11.4 Å². The third kappa shape index (κ3) is 8.05. The molecule has 1 unspecified atom stereocenters. The zero-order valence-corrected chi connectivity index (χ0v) is 23.3. The monoisotopic (exact) mass is 595 g/mol. The normalized spacial score (nSPS) is 14.5. The van der Waals surface area contributed by atoms with Gasteiger partial charge in [-0.2, -0.15) is 18.4 Å². The van der Waals surface area contributed by atoms with Gasteiger partial charge >= 0.3 is 6.18 Å². The molecule has 1 atom stereocenters. The Bertz CT molecular complexity index is 1680. The van der Waals surface area contributed by atoms with Crippen molar-refractivity contribution in [2.45, 2.75) is 30.0 Å². The van der Waals surface area contributed by atoms with Crippen LogP contribution < -0.4 is 16.0 Å². The number of nitrogens with one attached hydrogen (secondary N) is 4. The minimum absolute atomic E-state index is 0.160. The number of alkyl halides is 3. The standard InChI is InChI=1S/C30H28F3N5O3S/c1-42(40,41)26-11-3-2-10-24(26)28(36-18-19-12-13-19)21-7-5-9-23(15-21)38-29(39)25(16-27(35)30(31,32)33)37-22-8-4-6-20(14-22)17-34/h2-11,14-16,19,28,35-37H,12-13,18H2,1H3,(H,38,39)/b25-16-,35-27?. The van der Waals surface area contributed by atoms with Crippen LogP contribution in [0.2, 0.25) is 0 Å². The van der Waals surface area contributed by atoms with Crippen LogP contribution in [0.5, 0.6) is 0 Å². The summed E-state index contributed by atoms with van der Waals surface area (Å²) in [6.45, 7) is 0.650. The highest BCUT2D eigenvalue weighted by Crippen LogP contribution is 2.33. The maximum Gasteiger partial charge on any atom is 0.432 e. The largest absolute Gasteiger partial charge is 0.432 e. The van der Waals surface area contributed by atoms with Gasteiger partial charge in [-0.05, 0) is 78.9 Å². The van der Waals surface area contributed by atoms with Gasteiger partial charge in [0, 0.05) is 17.6 Å². The molecule has 1 aliphatic rings. The third-order valence-corrected chi connectivity index (χ3v) is 7.69. The summed E-state index contributed by atoms with van der Waals surface area (Å²) in [7, 11) is -3.57. The lowest BCUT2D eigenvalue weighted by Gasteiger charge is -2.23. The van der Waals surface area contributed by atoms with Gasteiger partial charge in [-0.1, -0.05) is 36.4 Å². The van der Waals surface area contributed by atoms with Crippen LogP contribution in [0, 0.1) is 22.7 Å². The second-order valence-corrected chi connectivity index (χ2v) is 11.9. The molecule has 4 N–H and O–H groups in total. The van der Waals surface area contributed by atoms with E-state index in [-0.39, 0.29) is 21.8 Å². The molecule has 1 saturated carbocycles. The molecule has 0 saturated heterocycles. The van der Waals surface area contributed by atoms with Crippen molar-refractivity contribution < 1.29 is 26.4 Å². The summed E-state index contributed by atoms with van der Waals surface area (Å²) >= 11 is 0. The molecule has 1 amide bonds. The molecule has 1 fully saturated rings. The SMILES string of the molecule is CS(=O)(=O)c1ccccc1C(NCC1CC1)c1cccc(NC(=O)/C(=C/C(=N)C(F)(F)F)Nc2cccc(C#N)c2)c1. The number of anilines is 2. The van der Waals surface area contributed by atoms with Crippen LogP contribution in [0.25, 0.3) is 0 Å². The molecule has 1 aliphatic carbocycles. The maximum atomic E-state index is 13.2. The fourth-order valence-corrected chi connectivity index (χ4v) is 5.21. The van der Waals surface area contributed by atoms with Gasteiger partial charge in [0.25, 0.3) is 5.91 Å². The molecule has 8 nitrogen and oxygen atoms in total. The van der Waals surface area contributed by atoms with E-state index < -0.39 is 39.4 Å². The number of amides is 1. The van der Waals surface area contributed by atoms with Crippen molar-refractivity contribution in [3.63, 3.8) is 0 Å². The molecule has 3 aromatic carbocycles. The molecule has 0 heterocycles. The Hall–Kier alpha value is -4.47. The predicted molar refractivity (Wildman–Crippen MR) is 154 cm³/mol. The van der Waals surface area contributed by atoms with E-state index in [1.807, 2.05) is 6.07 Å². The number of hydrogen-bond acceptors (Lipinski definition) is 7. The summed E-state index contributed by atoms with van der Waals surface area (Å²) in [5.74, 6) is -0.481. The van der Waals surface area contributed by atoms with Crippen LogP contribution in [-0.4, -0.2) is 39.0 Å². The average molecular weight is 596 g/mol. The first-order valence-corrected chi connectivity index (χ1v) is 14.8. The van der Waals surface area contributed by atoms with E-state index in [1.165, 1.54) is 30.3 Å². The van der Waals surface area contributed by atoms with E-state index in [9.17, 15) is 26.4 Å². The van der Waals surface area contributed by atoms with Crippen LogP contribution in [-0.2, 0) is 14.6 Å². The molecule has 3 aromatic rings. The molecular weight excluding hydrogens is 567 g/mol. The van der Waals surface area contributed by atoms with Gasteiger partial charge in [0.05, 0.1) is 22.6 Å². The van der Waals surface area contributed by atoms with Gasteiger partial charge in [-0.25, -0.2) is 8.42 Å². The van der Waals surface area contributed by atoms with Gasteiger partial charge in [0.2, 0.25) is 0 Å². The molecule has 12 heteroatoms. The molecular formula is C30H28F3N5O3S. The van der Waals surface area contributed by atoms with Crippen molar-refractivity contribution in [3.8, 4) is 6.07 Å². The van der Waals surface area contributed by atoms with E-state index in [1.54, 1.807) is 42.5 Å². The zero-order chi connectivity index (χ0) is 30.5. The third-order valence-electron chi connectivity index (χ3n) is 6.52. The van der Waals surface area contributed by atoms with E-state index in [0.717, 1.165) is 19.1 Å². The summed E-state index contributed by atoms with van der Waals surface area (Å²) in [6, 6.07) is 20.4. The number of hydrogen-bond donors (Lipinski definition) is 4. The summed E-state index contributed by atoms with van der Waals surface area (Å²) in [6.07, 6.45) is -1.35. The first-order valence-electron chi connectivity index (χ1n) is 12.9. The van der Waals surface area contributed by atoms with Crippen LogP contribution in [0.4, 0.5) is 24.5 Å². The topological polar surface area (TPSA) is 135 Å². The molecule has 0 aliphatic heterocycles. The zero-order valence-electron chi connectivity index (χ0n) is 22.5. The lowest BCUT2D eigenvalue weighted by atomic mass is 9.97. The smallest absolute Gasteiger partial charge is 0.351 e. The number of rotatable bonds is 11. The highest BCUT2D eigenvalue weighted by molar-refractivity contribution is 7.90. The van der Waals surface area contributed by atoms with E-state index in [2.05, 4.69) is 16.0 Å². The Kier molecular flexibility index (Phi) is 9.14. The minimum atomic E-state index is -4.99. The summed E-state index contributed by atoms with van der Waals surface area (Å²) in [4.78, 5) is 13.4. The first kappa shape index (κ1) is 30.5. The maximum absolute atomic E-state index is 13.2. The molecule has 42 heavy (non-hydrogen) atoms. The second kappa shape index (κ2) is 12.6. The number of allylic oxidation sites excluding steroid dienone is 1. The minimum Gasteiger partial charge on any atom is -0.351 e. The lowest BCUT2D eigenvalue weighted by Crippen LogP contribution is -2.27. The van der Waals surface area contributed by atoms with Crippen molar-refractivity contribution >= 4 is 32.8 Å². The first-order chi connectivity index (χ1) is 19.8. The summed E-state index contributed by atoms with van der Waals surface area (Å²) < 4.78 is 64.7. The van der Waals surface area contributed by atoms with Gasteiger partial charge in [-0.3, -0.25) is 10.2 Å². The molecule has 0 aromatic heterocycles. The van der Waals surface area contributed by atoms with Crippen LogP contribution in [0.1, 0.15) is 35.6 Å². The Morgan fingerprint density at radius 3 is 2.36 bits per heavy atom. The van der Waals surface area contributed by atoms with Crippen molar-refractivity contribution in [1.82, 2.24) is 5.32 Å². The van der Waals surface area contributed by atoms with Gasteiger partial charge in [-0.15, -0.1) is 0 Å². The number of sulfone groups is 1.